The van der Waals surface area contributed by atoms with Gasteiger partial charge in [-0.2, -0.15) is 0 Å². The lowest BCUT2D eigenvalue weighted by atomic mass is 9.92. The molecule has 6 rings (SSSR count). The van der Waals surface area contributed by atoms with Crippen molar-refractivity contribution in [2.75, 3.05) is 0 Å². The maximum atomic E-state index is 16.4. The molecule has 6 aromatic rings. The van der Waals surface area contributed by atoms with Crippen molar-refractivity contribution < 1.29 is 51.8 Å². The molecule has 2 unspecified atom stereocenters. The van der Waals surface area contributed by atoms with Gasteiger partial charge in [0.2, 0.25) is 29.9 Å². The zero-order chi connectivity index (χ0) is 49.7. The average Bonchev–Trinajstić information content (AvgIpc) is 3.39. The van der Waals surface area contributed by atoms with E-state index in [9.17, 15) is 33.6 Å². The molecule has 0 aromatic heterocycles. The van der Waals surface area contributed by atoms with E-state index in [0.29, 0.717) is 33.4 Å². The highest BCUT2D eigenvalue weighted by Gasteiger charge is 2.43. The molecule has 0 bridgehead atoms. The molecule has 0 fully saturated rings. The lowest BCUT2D eigenvalue weighted by Crippen LogP contribution is -2.57. The largest absolute Gasteiger partial charge is 0.445 e. The quantitative estimate of drug-likeness (QED) is 0.0469. The fraction of sp³-hybridized carbons (Fsp3) is 0.218. The highest BCUT2D eigenvalue weighted by molar-refractivity contribution is 6.18. The van der Waals surface area contributed by atoms with E-state index in [2.05, 4.69) is 21.3 Å². The second-order valence-corrected chi connectivity index (χ2v) is 16.3. The Kier molecular flexibility index (Phi) is 19.2. The average molecular weight is 951 g/mol. The molecule has 70 heavy (non-hydrogen) atoms. The summed E-state index contributed by atoms with van der Waals surface area (Å²) < 4.78 is 43.5. The number of benzene rings is 6. The van der Waals surface area contributed by atoms with Gasteiger partial charge < -0.3 is 30.7 Å². The predicted octanol–water partition coefficient (Wildman–Crippen LogP) is 6.90. The minimum atomic E-state index is -3.27. The number of hydrogen-bond acceptors (Lipinski definition) is 9. The Labute approximate surface area is 404 Å². The van der Waals surface area contributed by atoms with Gasteiger partial charge >= 0.3 is 12.2 Å². The fourth-order valence-corrected chi connectivity index (χ4v) is 7.38. The number of ketones is 3. The van der Waals surface area contributed by atoms with Crippen LogP contribution >= 0.6 is 0 Å². The standard InChI is InChI=1S/C55H52F2N4O9/c56-47(49(62)43(31-37-19-7-1-8-20-37)58-52(65)45(33-39-23-11-3-12-24-39)60-54(67)69-35-41-27-15-5-16-28-41)51(64)48(57)50(63)44(32-38-21-9-2-10-22-38)59-53(66)46(34-40-25-13-4-14-26-40)61-55(68)70-36-42-29-17-6-18-30-42/h1-30,43-48H,31-36H2,(H,58,65)(H,59,66)(H,60,67)(H,61,68)/t43-,44-,45-,46-,47?,48?/m0/s1. The van der Waals surface area contributed by atoms with E-state index in [4.69, 9.17) is 9.47 Å². The summed E-state index contributed by atoms with van der Waals surface area (Å²) in [5, 5.41) is 9.93. The van der Waals surface area contributed by atoms with Crippen LogP contribution in [0.2, 0.25) is 0 Å². The highest BCUT2D eigenvalue weighted by Crippen LogP contribution is 2.16. The predicted molar refractivity (Wildman–Crippen MR) is 256 cm³/mol. The molecule has 0 heterocycles. The minimum Gasteiger partial charge on any atom is -0.445 e. The van der Waals surface area contributed by atoms with Gasteiger partial charge in [0.15, 0.2) is 11.6 Å². The van der Waals surface area contributed by atoms with Crippen molar-refractivity contribution in [3.05, 3.63) is 215 Å². The number of nitrogens with one attached hydrogen (secondary N) is 4. The Bertz CT molecular complexity index is 2470. The minimum absolute atomic E-state index is 0.0937. The summed E-state index contributed by atoms with van der Waals surface area (Å²) in [5.41, 5.74) is 3.42. The van der Waals surface area contributed by atoms with Crippen LogP contribution in [-0.4, -0.2) is 77.9 Å². The molecular formula is C55H52F2N4O9. The molecule has 15 heteroatoms. The molecule has 0 saturated heterocycles. The summed E-state index contributed by atoms with van der Waals surface area (Å²) in [4.78, 5) is 95.9. The molecule has 0 aliphatic rings. The van der Waals surface area contributed by atoms with Gasteiger partial charge in [0.1, 0.15) is 25.3 Å². The molecule has 0 saturated carbocycles. The second-order valence-electron chi connectivity index (χ2n) is 16.3. The number of halogens is 2. The second kappa shape index (κ2) is 26.3. The molecule has 4 amide bonds. The summed E-state index contributed by atoms with van der Waals surface area (Å²) in [6.45, 7) is -0.248. The van der Waals surface area contributed by atoms with Crippen molar-refractivity contribution in [2.24, 2.45) is 0 Å². The normalized spacial score (nSPS) is 13.4. The lowest BCUT2D eigenvalue weighted by Gasteiger charge is -2.25. The Balaban J connectivity index is 1.20. The van der Waals surface area contributed by atoms with Crippen LogP contribution in [0.25, 0.3) is 0 Å². The number of ether oxygens (including phenoxy) is 2. The third-order valence-corrected chi connectivity index (χ3v) is 11.1. The van der Waals surface area contributed by atoms with Crippen LogP contribution in [-0.2, 0) is 72.3 Å². The Hall–Kier alpha value is -8.33. The SMILES string of the molecule is O=C(N[C@@H](Cc1ccccc1)C(=O)N[C@@H](Cc1ccccc1)C(=O)C(F)C(=O)C(F)C(=O)[C@H](Cc1ccccc1)NC(=O)[C@H](Cc1ccccc1)NC(=O)OCc1ccccc1)OCc1ccccc1. The first kappa shape index (κ1) is 51.1. The number of amides is 4. The number of hydrogen-bond donors (Lipinski definition) is 4. The number of alkyl carbamates (subject to hydrolysis) is 2. The summed E-state index contributed by atoms with van der Waals surface area (Å²) in [6.07, 6.45) is -9.40. The number of Topliss-reactive ketones (excluding diaryl/α,β-unsaturated/α-hetero) is 3. The van der Waals surface area contributed by atoms with Gasteiger partial charge in [-0.05, 0) is 46.2 Å². The monoisotopic (exact) mass is 950 g/mol. The van der Waals surface area contributed by atoms with E-state index in [1.165, 1.54) is 0 Å². The van der Waals surface area contributed by atoms with Crippen LogP contribution in [0.3, 0.4) is 0 Å². The molecule has 4 N–H and O–H groups in total. The van der Waals surface area contributed by atoms with Gasteiger partial charge in [0.25, 0.3) is 0 Å². The van der Waals surface area contributed by atoms with E-state index in [-0.39, 0.29) is 38.9 Å². The molecule has 0 aliphatic carbocycles. The summed E-state index contributed by atoms with van der Waals surface area (Å²) in [5.74, 6) is -7.08. The molecule has 6 atom stereocenters. The van der Waals surface area contributed by atoms with E-state index in [0.717, 1.165) is 0 Å². The van der Waals surface area contributed by atoms with E-state index in [1.54, 1.807) is 182 Å². The number of alkyl halides is 2. The molecular weight excluding hydrogens is 899 g/mol. The van der Waals surface area contributed by atoms with Crippen LogP contribution in [0.15, 0.2) is 182 Å². The van der Waals surface area contributed by atoms with Crippen molar-refractivity contribution >= 4 is 41.4 Å². The Morgan fingerprint density at radius 3 is 0.843 bits per heavy atom. The fourth-order valence-electron chi connectivity index (χ4n) is 7.38. The van der Waals surface area contributed by atoms with Gasteiger partial charge in [-0.3, -0.25) is 24.0 Å². The molecule has 360 valence electrons. The van der Waals surface area contributed by atoms with Crippen molar-refractivity contribution in [1.82, 2.24) is 21.3 Å². The topological polar surface area (TPSA) is 186 Å². The molecule has 0 radical (unpaired) electrons. The summed E-state index contributed by atoms with van der Waals surface area (Å²) in [6, 6.07) is 44.6. The van der Waals surface area contributed by atoms with Gasteiger partial charge in [-0.1, -0.05) is 182 Å². The van der Waals surface area contributed by atoms with Crippen molar-refractivity contribution in [3.8, 4) is 0 Å². The zero-order valence-corrected chi connectivity index (χ0v) is 38.0. The third kappa shape index (κ3) is 15.9. The first-order chi connectivity index (χ1) is 33.9. The maximum absolute atomic E-state index is 16.4. The van der Waals surface area contributed by atoms with Gasteiger partial charge in [0, 0.05) is 12.8 Å². The maximum Gasteiger partial charge on any atom is 0.408 e. The Morgan fingerprint density at radius 1 is 0.329 bits per heavy atom. The molecule has 0 spiro atoms. The first-order valence-corrected chi connectivity index (χ1v) is 22.5. The van der Waals surface area contributed by atoms with Crippen LogP contribution in [0, 0.1) is 0 Å². The lowest BCUT2D eigenvalue weighted by molar-refractivity contribution is -0.144. The number of rotatable bonds is 24. The summed E-state index contributed by atoms with van der Waals surface area (Å²) >= 11 is 0. The first-order valence-electron chi connectivity index (χ1n) is 22.5. The molecule has 13 nitrogen and oxygen atoms in total. The van der Waals surface area contributed by atoms with Crippen molar-refractivity contribution in [1.29, 1.82) is 0 Å². The number of carbonyl (C=O) groups is 7. The zero-order valence-electron chi connectivity index (χ0n) is 38.0. The molecule has 6 aromatic carbocycles. The van der Waals surface area contributed by atoms with Gasteiger partial charge in [0.05, 0.1) is 12.1 Å². The summed E-state index contributed by atoms with van der Waals surface area (Å²) in [7, 11) is 0. The van der Waals surface area contributed by atoms with Gasteiger partial charge in [-0.15, -0.1) is 0 Å². The van der Waals surface area contributed by atoms with E-state index in [1.807, 2.05) is 0 Å². The smallest absolute Gasteiger partial charge is 0.408 e. The van der Waals surface area contributed by atoms with E-state index < -0.39 is 77.9 Å². The van der Waals surface area contributed by atoms with Crippen LogP contribution in [0.5, 0.6) is 0 Å². The van der Waals surface area contributed by atoms with Gasteiger partial charge in [-0.25, -0.2) is 18.4 Å². The van der Waals surface area contributed by atoms with E-state index >= 15 is 8.78 Å². The Morgan fingerprint density at radius 2 is 0.571 bits per heavy atom. The van der Waals surface area contributed by atoms with Crippen molar-refractivity contribution in [2.45, 2.75) is 75.4 Å². The third-order valence-electron chi connectivity index (χ3n) is 11.1. The van der Waals surface area contributed by atoms with Crippen LogP contribution in [0.1, 0.15) is 33.4 Å². The number of carbonyl (C=O) groups excluding carboxylic acids is 7. The highest BCUT2D eigenvalue weighted by atomic mass is 19.1. The van der Waals surface area contributed by atoms with Crippen LogP contribution in [0.4, 0.5) is 18.4 Å². The van der Waals surface area contributed by atoms with Crippen molar-refractivity contribution in [3.63, 3.8) is 0 Å². The molecule has 0 aliphatic heterocycles. The van der Waals surface area contributed by atoms with Crippen LogP contribution < -0.4 is 21.3 Å².